The fourth-order valence-electron chi connectivity index (χ4n) is 5.17. The molecule has 0 spiro atoms. The third kappa shape index (κ3) is 4.74. The molecule has 8 nitrogen and oxygen atoms in total. The Morgan fingerprint density at radius 1 is 0.943 bits per heavy atom. The maximum absolute atomic E-state index is 13.7. The molecule has 4 rings (SSSR count). The predicted octanol–water partition coefficient (Wildman–Crippen LogP) is 2.78. The van der Waals surface area contributed by atoms with Crippen LogP contribution in [-0.4, -0.2) is 37.6 Å². The Hall–Kier alpha value is -3.42. The minimum atomic E-state index is -0.503. The lowest BCUT2D eigenvalue weighted by Crippen LogP contribution is -2.44. The summed E-state index contributed by atoms with van der Waals surface area (Å²) in [6.45, 7) is 5.58. The van der Waals surface area contributed by atoms with Gasteiger partial charge in [0.1, 0.15) is 5.65 Å². The highest BCUT2D eigenvalue weighted by atomic mass is 16.2. The molecule has 2 aromatic heterocycles. The van der Waals surface area contributed by atoms with Gasteiger partial charge in [0.2, 0.25) is 0 Å². The van der Waals surface area contributed by atoms with Gasteiger partial charge in [-0.3, -0.25) is 28.1 Å². The Morgan fingerprint density at radius 3 is 2.20 bits per heavy atom. The molecular weight excluding hydrogens is 444 g/mol. The van der Waals surface area contributed by atoms with Gasteiger partial charge in [0.05, 0.1) is 10.9 Å². The number of fused-ring (bicyclic) bond motifs is 1. The topological polar surface area (TPSA) is 86.3 Å². The summed E-state index contributed by atoms with van der Waals surface area (Å²) >= 11 is 0. The number of hydrogen-bond donors (Lipinski definition) is 0. The number of piperidine rings is 1. The van der Waals surface area contributed by atoms with Crippen molar-refractivity contribution in [3.63, 3.8) is 0 Å². The van der Waals surface area contributed by atoms with Crippen molar-refractivity contribution in [1.82, 2.24) is 18.6 Å². The zero-order valence-electron chi connectivity index (χ0n) is 20.8. The Balaban J connectivity index is 1.73. The van der Waals surface area contributed by atoms with E-state index in [0.717, 1.165) is 19.3 Å². The van der Waals surface area contributed by atoms with Crippen LogP contribution in [0.5, 0.6) is 0 Å². The van der Waals surface area contributed by atoms with E-state index in [1.165, 1.54) is 25.3 Å². The molecule has 0 unspecified atom stereocenters. The van der Waals surface area contributed by atoms with Crippen LogP contribution in [0.25, 0.3) is 11.0 Å². The van der Waals surface area contributed by atoms with Gasteiger partial charge in [-0.15, -0.1) is 0 Å². The van der Waals surface area contributed by atoms with E-state index in [0.29, 0.717) is 38.4 Å². The van der Waals surface area contributed by atoms with E-state index in [-0.39, 0.29) is 34.6 Å². The average Bonchev–Trinajstić information content (AvgIpc) is 2.87. The smallest absolute Gasteiger partial charge is 0.332 e. The van der Waals surface area contributed by atoms with Crippen molar-refractivity contribution in [2.24, 2.45) is 13.0 Å². The summed E-state index contributed by atoms with van der Waals surface area (Å²) in [5, 5.41) is 0.157. The van der Waals surface area contributed by atoms with Crippen molar-refractivity contribution in [1.29, 1.82) is 0 Å². The minimum absolute atomic E-state index is 0.101. The van der Waals surface area contributed by atoms with Crippen LogP contribution in [0.15, 0.2) is 50.8 Å². The number of carbonyl (C=O) groups excluding carboxylic acids is 1. The largest absolute Gasteiger partial charge is 0.339 e. The fraction of sp³-hybridized carbons (Fsp3) is 0.481. The zero-order chi connectivity index (χ0) is 25.1. The number of amides is 1. The Morgan fingerprint density at radius 2 is 1.57 bits per heavy atom. The van der Waals surface area contributed by atoms with E-state index in [1.54, 1.807) is 11.9 Å². The van der Waals surface area contributed by atoms with Crippen LogP contribution in [0, 0.1) is 5.92 Å². The van der Waals surface area contributed by atoms with Gasteiger partial charge in [0.15, 0.2) is 0 Å². The molecule has 8 heteroatoms. The molecule has 3 heterocycles. The van der Waals surface area contributed by atoms with Crippen LogP contribution in [0.2, 0.25) is 0 Å². The summed E-state index contributed by atoms with van der Waals surface area (Å²) in [5.74, 6) is 0.172. The standard InChI is InChI=1S/C27H34N4O4/c1-4-13-30-22(32)18-21(23-24(30)28(3)27(35)31(14-5-2)26(23)34)25(33)29-15-11-20(12-16-29)17-19-9-7-6-8-10-19/h6-10,18,20H,4-5,11-17H2,1-3H3. The third-order valence-corrected chi connectivity index (χ3v) is 6.97. The Kier molecular flexibility index (Phi) is 7.38. The average molecular weight is 479 g/mol. The molecule has 1 aliphatic heterocycles. The minimum Gasteiger partial charge on any atom is -0.339 e. The highest BCUT2D eigenvalue weighted by Gasteiger charge is 2.28. The lowest BCUT2D eigenvalue weighted by molar-refractivity contribution is 0.0692. The van der Waals surface area contributed by atoms with E-state index >= 15 is 0 Å². The first-order chi connectivity index (χ1) is 16.9. The van der Waals surface area contributed by atoms with Crippen LogP contribution in [0.1, 0.15) is 55.5 Å². The number of hydrogen-bond acceptors (Lipinski definition) is 4. The molecule has 0 saturated carbocycles. The van der Waals surface area contributed by atoms with Crippen molar-refractivity contribution in [3.05, 3.63) is 78.7 Å². The first-order valence-electron chi connectivity index (χ1n) is 12.6. The summed E-state index contributed by atoms with van der Waals surface area (Å²) in [6.07, 6.45) is 3.97. The van der Waals surface area contributed by atoms with Crippen molar-refractivity contribution in [2.75, 3.05) is 13.1 Å². The molecule has 0 N–H and O–H groups in total. The molecule has 0 bridgehead atoms. The first-order valence-corrected chi connectivity index (χ1v) is 12.6. The van der Waals surface area contributed by atoms with E-state index in [9.17, 15) is 19.2 Å². The number of rotatable bonds is 7. The van der Waals surface area contributed by atoms with Gasteiger partial charge < -0.3 is 4.90 Å². The predicted molar refractivity (Wildman–Crippen MR) is 137 cm³/mol. The highest BCUT2D eigenvalue weighted by Crippen LogP contribution is 2.24. The molecule has 35 heavy (non-hydrogen) atoms. The number of aryl methyl sites for hydroxylation is 2. The van der Waals surface area contributed by atoms with Gasteiger partial charge in [-0.05, 0) is 43.6 Å². The lowest BCUT2D eigenvalue weighted by atomic mass is 9.90. The molecule has 1 fully saturated rings. The van der Waals surface area contributed by atoms with Crippen LogP contribution >= 0.6 is 0 Å². The Bertz CT molecular complexity index is 1390. The molecule has 0 atom stereocenters. The van der Waals surface area contributed by atoms with Crippen LogP contribution in [-0.2, 0) is 26.6 Å². The molecule has 0 aliphatic carbocycles. The summed E-state index contributed by atoms with van der Waals surface area (Å²) in [7, 11) is 1.56. The molecule has 0 radical (unpaired) electrons. The van der Waals surface area contributed by atoms with Gasteiger partial charge in [-0.1, -0.05) is 44.2 Å². The summed E-state index contributed by atoms with van der Waals surface area (Å²) in [4.78, 5) is 54.9. The number of carbonyl (C=O) groups is 1. The molecule has 1 saturated heterocycles. The third-order valence-electron chi connectivity index (χ3n) is 6.97. The number of nitrogens with zero attached hydrogens (tertiary/aromatic N) is 4. The lowest BCUT2D eigenvalue weighted by Gasteiger charge is -2.32. The summed E-state index contributed by atoms with van der Waals surface area (Å²) in [6, 6.07) is 11.6. The monoisotopic (exact) mass is 478 g/mol. The number of pyridine rings is 1. The highest BCUT2D eigenvalue weighted by molar-refractivity contribution is 6.05. The second-order valence-corrected chi connectivity index (χ2v) is 9.47. The first kappa shape index (κ1) is 24.7. The SMILES string of the molecule is CCCn1c(=O)c2c(C(=O)N3CCC(Cc4ccccc4)CC3)cc(=O)n(CCC)c2n(C)c1=O. The van der Waals surface area contributed by atoms with Gasteiger partial charge in [-0.25, -0.2) is 4.79 Å². The van der Waals surface area contributed by atoms with Gasteiger partial charge in [0, 0.05) is 39.3 Å². The van der Waals surface area contributed by atoms with Crippen molar-refractivity contribution in [3.8, 4) is 0 Å². The second kappa shape index (κ2) is 10.5. The van der Waals surface area contributed by atoms with E-state index < -0.39 is 11.2 Å². The summed E-state index contributed by atoms with van der Waals surface area (Å²) < 4.78 is 3.95. The van der Waals surface area contributed by atoms with E-state index in [2.05, 4.69) is 12.1 Å². The van der Waals surface area contributed by atoms with Crippen molar-refractivity contribution < 1.29 is 4.79 Å². The van der Waals surface area contributed by atoms with E-state index in [1.807, 2.05) is 32.0 Å². The maximum Gasteiger partial charge on any atom is 0.332 e. The second-order valence-electron chi connectivity index (χ2n) is 9.47. The molecular formula is C27H34N4O4. The van der Waals surface area contributed by atoms with Crippen molar-refractivity contribution in [2.45, 2.75) is 59.0 Å². The van der Waals surface area contributed by atoms with Gasteiger partial charge >= 0.3 is 5.69 Å². The van der Waals surface area contributed by atoms with Gasteiger partial charge in [0.25, 0.3) is 17.0 Å². The number of benzene rings is 1. The van der Waals surface area contributed by atoms with Crippen molar-refractivity contribution >= 4 is 16.9 Å². The van der Waals surface area contributed by atoms with Gasteiger partial charge in [-0.2, -0.15) is 0 Å². The summed E-state index contributed by atoms with van der Waals surface area (Å²) in [5.41, 5.74) is 0.273. The number of likely N-dealkylation sites (tertiary alicyclic amines) is 1. The normalized spacial score (nSPS) is 14.5. The number of aromatic nitrogens is 3. The molecule has 1 amide bonds. The molecule has 1 aliphatic rings. The van der Waals surface area contributed by atoms with E-state index in [4.69, 9.17) is 0 Å². The maximum atomic E-state index is 13.7. The Labute approximate surface area is 204 Å². The van der Waals surface area contributed by atoms with Crippen LogP contribution in [0.3, 0.4) is 0 Å². The molecule has 1 aromatic carbocycles. The van der Waals surface area contributed by atoms with Crippen LogP contribution < -0.4 is 16.8 Å². The fourth-order valence-corrected chi connectivity index (χ4v) is 5.17. The molecule has 186 valence electrons. The zero-order valence-corrected chi connectivity index (χ0v) is 20.8. The quantitative estimate of drug-likeness (QED) is 0.523. The van der Waals surface area contributed by atoms with Crippen LogP contribution in [0.4, 0.5) is 0 Å². The molecule has 3 aromatic rings.